The smallest absolute Gasteiger partial charge is 0.264 e. The fourth-order valence-corrected chi connectivity index (χ4v) is 4.37. The maximum absolute atomic E-state index is 13.8. The predicted molar refractivity (Wildman–Crippen MR) is 129 cm³/mol. The number of hydrogen-bond acceptors (Lipinski definition) is 4. The van der Waals surface area contributed by atoms with E-state index in [1.165, 1.54) is 40.1 Å². The molecule has 1 aliphatic rings. The number of para-hydroxylation sites is 1. The summed E-state index contributed by atoms with van der Waals surface area (Å²) in [5.74, 6) is 0.0754. The molecular formula is C26H23FN2O2S. The highest BCUT2D eigenvalue weighted by Gasteiger charge is 2.24. The lowest BCUT2D eigenvalue weighted by atomic mass is 10.0. The van der Waals surface area contributed by atoms with Crippen LogP contribution in [0.15, 0.2) is 70.6 Å². The van der Waals surface area contributed by atoms with Gasteiger partial charge in [0, 0.05) is 0 Å². The lowest BCUT2D eigenvalue weighted by molar-refractivity contribution is -0.115. The molecule has 4 nitrogen and oxygen atoms in total. The van der Waals surface area contributed by atoms with Gasteiger partial charge in [0.25, 0.3) is 5.91 Å². The number of halogens is 1. The Morgan fingerprint density at radius 2 is 1.72 bits per heavy atom. The maximum atomic E-state index is 13.8. The average molecular weight is 447 g/mol. The minimum absolute atomic E-state index is 0.192. The number of carbonyl (C=O) groups is 1. The molecule has 3 aromatic rings. The van der Waals surface area contributed by atoms with Gasteiger partial charge in [-0.05, 0) is 85.1 Å². The summed E-state index contributed by atoms with van der Waals surface area (Å²) in [5, 5.41) is 3.04. The number of benzene rings is 3. The van der Waals surface area contributed by atoms with Gasteiger partial charge in [-0.15, -0.1) is 0 Å². The molecule has 0 radical (unpaired) electrons. The Balaban J connectivity index is 1.43. The van der Waals surface area contributed by atoms with Crippen molar-refractivity contribution < 1.29 is 13.9 Å². The zero-order valence-corrected chi connectivity index (χ0v) is 18.9. The highest BCUT2D eigenvalue weighted by Crippen LogP contribution is 2.29. The third kappa shape index (κ3) is 5.08. The van der Waals surface area contributed by atoms with Crippen LogP contribution in [0, 0.1) is 26.6 Å². The van der Waals surface area contributed by atoms with Crippen LogP contribution >= 0.6 is 11.8 Å². The first-order valence-corrected chi connectivity index (χ1v) is 11.0. The van der Waals surface area contributed by atoms with E-state index in [9.17, 15) is 9.18 Å². The predicted octanol–water partition coefficient (Wildman–Crippen LogP) is 6.22. The molecular weight excluding hydrogens is 423 g/mol. The molecule has 1 aliphatic heterocycles. The molecule has 162 valence electrons. The molecule has 0 saturated carbocycles. The van der Waals surface area contributed by atoms with Crippen LogP contribution in [0.25, 0.3) is 6.08 Å². The quantitative estimate of drug-likeness (QED) is 0.473. The van der Waals surface area contributed by atoms with Gasteiger partial charge in [-0.25, -0.2) is 9.38 Å². The minimum Gasteiger partial charge on any atom is -0.489 e. The molecule has 4 rings (SSSR count). The number of carbonyl (C=O) groups excluding carboxylic acids is 1. The van der Waals surface area contributed by atoms with Crippen molar-refractivity contribution in [3.05, 3.63) is 99.2 Å². The molecule has 1 amide bonds. The van der Waals surface area contributed by atoms with Crippen LogP contribution in [0.3, 0.4) is 0 Å². The molecule has 1 N–H and O–H groups in total. The van der Waals surface area contributed by atoms with Gasteiger partial charge in [-0.2, -0.15) is 0 Å². The van der Waals surface area contributed by atoms with Gasteiger partial charge in [0.2, 0.25) is 0 Å². The van der Waals surface area contributed by atoms with Crippen LogP contribution < -0.4 is 10.1 Å². The Bertz CT molecular complexity index is 1210. The third-order valence-corrected chi connectivity index (χ3v) is 6.04. The molecule has 1 saturated heterocycles. The van der Waals surface area contributed by atoms with E-state index in [2.05, 4.69) is 43.2 Å². The maximum Gasteiger partial charge on any atom is 0.264 e. The number of amides is 1. The largest absolute Gasteiger partial charge is 0.489 e. The molecule has 3 aromatic carbocycles. The summed E-state index contributed by atoms with van der Waals surface area (Å²) in [7, 11) is 0. The second kappa shape index (κ2) is 9.40. The van der Waals surface area contributed by atoms with Gasteiger partial charge in [0.05, 0.1) is 4.91 Å². The molecule has 1 heterocycles. The number of aryl methyl sites for hydroxylation is 3. The van der Waals surface area contributed by atoms with E-state index in [1.807, 2.05) is 24.3 Å². The minimum atomic E-state index is -0.432. The Hall–Kier alpha value is -3.38. The van der Waals surface area contributed by atoms with Crippen LogP contribution in [0.2, 0.25) is 0 Å². The van der Waals surface area contributed by atoms with Gasteiger partial charge < -0.3 is 10.1 Å². The first-order chi connectivity index (χ1) is 15.4. The number of thioether (sulfide) groups is 1. The van der Waals surface area contributed by atoms with Crippen molar-refractivity contribution in [2.75, 3.05) is 0 Å². The first-order valence-electron chi connectivity index (χ1n) is 10.2. The highest BCUT2D eigenvalue weighted by molar-refractivity contribution is 8.18. The number of amidine groups is 1. The normalized spacial score (nSPS) is 15.9. The lowest BCUT2D eigenvalue weighted by Gasteiger charge is -2.13. The molecule has 0 spiro atoms. The van der Waals surface area contributed by atoms with Crippen LogP contribution in [-0.2, 0) is 11.4 Å². The lowest BCUT2D eigenvalue weighted by Crippen LogP contribution is -2.19. The summed E-state index contributed by atoms with van der Waals surface area (Å²) >= 11 is 1.19. The van der Waals surface area contributed by atoms with E-state index in [0.717, 1.165) is 11.3 Å². The third-order valence-electron chi connectivity index (χ3n) is 5.13. The zero-order valence-electron chi connectivity index (χ0n) is 18.1. The van der Waals surface area contributed by atoms with Gasteiger partial charge >= 0.3 is 0 Å². The molecule has 0 atom stereocenters. The molecule has 32 heavy (non-hydrogen) atoms. The highest BCUT2D eigenvalue weighted by atomic mass is 32.2. The summed E-state index contributed by atoms with van der Waals surface area (Å²) in [4.78, 5) is 17.0. The molecule has 1 fully saturated rings. The molecule has 0 aromatic heterocycles. The van der Waals surface area contributed by atoms with E-state index in [1.54, 1.807) is 24.3 Å². The SMILES string of the molecule is Cc1cc(C)c(COc2ccc(/C=C3\SC(=Nc4ccccc4F)NC3=O)cc2)c(C)c1. The van der Waals surface area contributed by atoms with Crippen molar-refractivity contribution in [2.24, 2.45) is 4.99 Å². The van der Waals surface area contributed by atoms with E-state index in [0.29, 0.717) is 16.7 Å². The van der Waals surface area contributed by atoms with Crippen LogP contribution in [0.4, 0.5) is 10.1 Å². The monoisotopic (exact) mass is 446 g/mol. The van der Waals surface area contributed by atoms with Crippen molar-refractivity contribution in [3.8, 4) is 5.75 Å². The summed E-state index contributed by atoms with van der Waals surface area (Å²) in [6, 6.07) is 18.1. The summed E-state index contributed by atoms with van der Waals surface area (Å²) in [5.41, 5.74) is 5.95. The van der Waals surface area contributed by atoms with Crippen LogP contribution in [-0.4, -0.2) is 11.1 Å². The number of hydrogen-bond donors (Lipinski definition) is 1. The number of aliphatic imine (C=N–C) groups is 1. The van der Waals surface area contributed by atoms with Gasteiger partial charge in [-0.3, -0.25) is 4.79 Å². The Kier molecular flexibility index (Phi) is 6.42. The van der Waals surface area contributed by atoms with Gasteiger partial charge in [0.1, 0.15) is 23.9 Å². The van der Waals surface area contributed by atoms with Crippen molar-refractivity contribution >= 4 is 34.6 Å². The van der Waals surface area contributed by atoms with Crippen molar-refractivity contribution in [3.63, 3.8) is 0 Å². The number of rotatable bonds is 5. The van der Waals surface area contributed by atoms with E-state index >= 15 is 0 Å². The molecule has 0 unspecified atom stereocenters. The van der Waals surface area contributed by atoms with Gasteiger partial charge in [-0.1, -0.05) is 42.0 Å². The summed E-state index contributed by atoms with van der Waals surface area (Å²) in [6.45, 7) is 6.80. The molecule has 6 heteroatoms. The van der Waals surface area contributed by atoms with E-state index < -0.39 is 5.82 Å². The van der Waals surface area contributed by atoms with Crippen LogP contribution in [0.5, 0.6) is 5.75 Å². The number of ether oxygens (including phenoxy) is 1. The average Bonchev–Trinajstić information content (AvgIpc) is 3.09. The summed E-state index contributed by atoms with van der Waals surface area (Å²) in [6.07, 6.45) is 1.78. The topological polar surface area (TPSA) is 50.7 Å². The fraction of sp³-hybridized carbons (Fsp3) is 0.154. The Morgan fingerprint density at radius 3 is 2.41 bits per heavy atom. The molecule has 0 bridgehead atoms. The van der Waals surface area contributed by atoms with E-state index in [-0.39, 0.29) is 11.6 Å². The first kappa shape index (κ1) is 21.8. The second-order valence-corrected chi connectivity index (χ2v) is 8.70. The zero-order chi connectivity index (χ0) is 22.7. The fourth-order valence-electron chi connectivity index (χ4n) is 3.54. The van der Waals surface area contributed by atoms with Crippen molar-refractivity contribution in [2.45, 2.75) is 27.4 Å². The van der Waals surface area contributed by atoms with Crippen molar-refractivity contribution in [1.29, 1.82) is 0 Å². The Labute approximate surface area is 191 Å². The Morgan fingerprint density at radius 1 is 1.03 bits per heavy atom. The van der Waals surface area contributed by atoms with Crippen molar-refractivity contribution in [1.82, 2.24) is 5.32 Å². The molecule has 0 aliphatic carbocycles. The second-order valence-electron chi connectivity index (χ2n) is 7.67. The number of nitrogens with one attached hydrogen (secondary N) is 1. The summed E-state index contributed by atoms with van der Waals surface area (Å²) < 4.78 is 19.8. The standard InChI is InChI=1S/C26H23FN2O2S/c1-16-12-17(2)21(18(3)13-16)15-31-20-10-8-19(9-11-20)14-24-25(30)29-26(32-24)28-23-7-5-4-6-22(23)27/h4-14H,15H2,1-3H3,(H,28,29,30)/b24-14-. The van der Waals surface area contributed by atoms with E-state index in [4.69, 9.17) is 4.74 Å². The number of nitrogens with zero attached hydrogens (tertiary/aromatic N) is 1. The van der Waals surface area contributed by atoms with Crippen LogP contribution in [0.1, 0.15) is 27.8 Å². The van der Waals surface area contributed by atoms with Gasteiger partial charge in [0.15, 0.2) is 5.17 Å².